The average Bonchev–Trinajstić information content (AvgIpc) is 2.82. The minimum absolute atomic E-state index is 0.997. The van der Waals surface area contributed by atoms with Gasteiger partial charge < -0.3 is 0 Å². The molecular formula is C27H24S3. The molecule has 0 saturated carbocycles. The fraction of sp³-hybridized carbons (Fsp3) is 0.111. The van der Waals surface area contributed by atoms with Crippen molar-refractivity contribution in [3.8, 4) is 0 Å². The molecule has 0 aromatic heterocycles. The second-order valence-electron chi connectivity index (χ2n) is 6.96. The molecule has 0 saturated heterocycles. The van der Waals surface area contributed by atoms with Gasteiger partial charge in [0.1, 0.15) is 0 Å². The molecule has 0 bridgehead atoms. The number of rotatable bonds is 9. The molecule has 0 nitrogen and oxygen atoms in total. The van der Waals surface area contributed by atoms with Crippen LogP contribution in [0.3, 0.4) is 0 Å². The van der Waals surface area contributed by atoms with Crippen molar-refractivity contribution < 1.29 is 0 Å². The third kappa shape index (κ3) is 6.73. The molecule has 0 N–H and O–H groups in total. The maximum absolute atomic E-state index is 2.38. The first kappa shape index (κ1) is 21.2. The first-order chi connectivity index (χ1) is 14.8. The van der Waals surface area contributed by atoms with Gasteiger partial charge in [-0.3, -0.25) is 0 Å². The minimum Gasteiger partial charge on any atom is -0.121 e. The van der Waals surface area contributed by atoms with Crippen LogP contribution in [0.2, 0.25) is 0 Å². The van der Waals surface area contributed by atoms with Crippen molar-refractivity contribution in [3.05, 3.63) is 126 Å². The molecule has 0 atom stereocenters. The summed E-state index contributed by atoms with van der Waals surface area (Å²) in [5, 5.41) is 0. The summed E-state index contributed by atoms with van der Waals surface area (Å²) < 4.78 is 0. The summed E-state index contributed by atoms with van der Waals surface area (Å²) in [6, 6.07) is 39.1. The molecule has 150 valence electrons. The smallest absolute Gasteiger partial charge is 0.0232 e. The average molecular weight is 445 g/mol. The van der Waals surface area contributed by atoms with E-state index in [2.05, 4.69) is 109 Å². The Morgan fingerprint density at radius 1 is 0.367 bits per heavy atom. The Morgan fingerprint density at radius 3 is 0.900 bits per heavy atom. The maximum atomic E-state index is 2.38. The zero-order valence-corrected chi connectivity index (χ0v) is 19.2. The molecule has 3 heteroatoms. The second-order valence-corrected chi connectivity index (χ2v) is 10.1. The molecule has 0 radical (unpaired) electrons. The molecule has 0 aliphatic rings. The molecule has 30 heavy (non-hydrogen) atoms. The van der Waals surface area contributed by atoms with E-state index in [4.69, 9.17) is 0 Å². The normalized spacial score (nSPS) is 10.8. The van der Waals surface area contributed by atoms with E-state index in [1.165, 1.54) is 31.4 Å². The lowest BCUT2D eigenvalue weighted by Gasteiger charge is -2.11. The van der Waals surface area contributed by atoms with Crippen LogP contribution in [0.5, 0.6) is 0 Å². The Morgan fingerprint density at radius 2 is 0.633 bits per heavy atom. The second kappa shape index (κ2) is 11.4. The van der Waals surface area contributed by atoms with E-state index in [9.17, 15) is 0 Å². The number of benzene rings is 4. The zero-order chi connectivity index (χ0) is 20.4. The van der Waals surface area contributed by atoms with Gasteiger partial charge in [0.2, 0.25) is 0 Å². The van der Waals surface area contributed by atoms with Crippen molar-refractivity contribution in [1.82, 2.24) is 0 Å². The lowest BCUT2D eigenvalue weighted by Crippen LogP contribution is -1.92. The quantitative estimate of drug-likeness (QED) is 0.237. The molecule has 0 aliphatic heterocycles. The topological polar surface area (TPSA) is 0 Å². The molecule has 0 fully saturated rings. The Hall–Kier alpha value is -2.07. The van der Waals surface area contributed by atoms with Crippen LogP contribution >= 0.6 is 35.3 Å². The van der Waals surface area contributed by atoms with Crippen molar-refractivity contribution in [2.45, 2.75) is 31.9 Å². The van der Waals surface area contributed by atoms with Gasteiger partial charge in [0.05, 0.1) is 0 Å². The Bertz CT molecular complexity index is 882. The lowest BCUT2D eigenvalue weighted by molar-refractivity contribution is 1.26. The van der Waals surface area contributed by atoms with Gasteiger partial charge >= 0.3 is 0 Å². The Balaban J connectivity index is 1.48. The van der Waals surface area contributed by atoms with E-state index in [0.29, 0.717) is 0 Å². The predicted octanol–water partition coefficient (Wildman–Crippen LogP) is 8.56. The van der Waals surface area contributed by atoms with Crippen molar-refractivity contribution >= 4 is 35.3 Å². The SMILES string of the molecule is c1ccc(SCc2cc(CSc3ccccc3)cc(CSc3ccccc3)c2)cc1. The zero-order valence-electron chi connectivity index (χ0n) is 16.7. The van der Waals surface area contributed by atoms with E-state index < -0.39 is 0 Å². The Labute approximate surface area is 192 Å². The van der Waals surface area contributed by atoms with Crippen LogP contribution in [0.15, 0.2) is 124 Å². The monoisotopic (exact) mass is 444 g/mol. The molecule has 0 spiro atoms. The summed E-state index contributed by atoms with van der Waals surface area (Å²) in [5.74, 6) is 2.99. The van der Waals surface area contributed by atoms with Crippen LogP contribution < -0.4 is 0 Å². The van der Waals surface area contributed by atoms with Gasteiger partial charge in [0.15, 0.2) is 0 Å². The van der Waals surface area contributed by atoms with Crippen molar-refractivity contribution in [3.63, 3.8) is 0 Å². The van der Waals surface area contributed by atoms with Gasteiger partial charge in [-0.25, -0.2) is 0 Å². The van der Waals surface area contributed by atoms with Crippen LogP contribution in [-0.2, 0) is 17.3 Å². The van der Waals surface area contributed by atoms with Gasteiger partial charge in [-0.05, 0) is 53.1 Å². The van der Waals surface area contributed by atoms with E-state index in [1.807, 2.05) is 35.3 Å². The summed E-state index contributed by atoms with van der Waals surface area (Å²) in [7, 11) is 0. The summed E-state index contributed by atoms with van der Waals surface area (Å²) >= 11 is 5.72. The maximum Gasteiger partial charge on any atom is 0.0232 e. The first-order valence-electron chi connectivity index (χ1n) is 10.0. The molecule has 0 unspecified atom stereocenters. The highest BCUT2D eigenvalue weighted by Gasteiger charge is 2.05. The van der Waals surface area contributed by atoms with Gasteiger partial charge in [-0.1, -0.05) is 72.8 Å². The third-order valence-electron chi connectivity index (χ3n) is 4.56. The Kier molecular flexibility index (Phi) is 8.02. The molecule has 0 amide bonds. The van der Waals surface area contributed by atoms with E-state index in [0.717, 1.165) is 17.3 Å². The molecule has 0 heterocycles. The number of hydrogen-bond donors (Lipinski definition) is 0. The molecular weight excluding hydrogens is 420 g/mol. The highest BCUT2D eigenvalue weighted by atomic mass is 32.2. The summed E-state index contributed by atoms with van der Waals surface area (Å²) in [5.41, 5.74) is 4.20. The number of hydrogen-bond acceptors (Lipinski definition) is 3. The van der Waals surface area contributed by atoms with Gasteiger partial charge in [-0.2, -0.15) is 0 Å². The van der Waals surface area contributed by atoms with Crippen LogP contribution in [0.25, 0.3) is 0 Å². The fourth-order valence-corrected chi connectivity index (χ4v) is 5.69. The van der Waals surface area contributed by atoms with Crippen molar-refractivity contribution in [2.75, 3.05) is 0 Å². The van der Waals surface area contributed by atoms with Gasteiger partial charge in [-0.15, -0.1) is 35.3 Å². The lowest BCUT2D eigenvalue weighted by atomic mass is 10.1. The molecule has 0 aliphatic carbocycles. The number of thioether (sulfide) groups is 3. The van der Waals surface area contributed by atoms with E-state index >= 15 is 0 Å². The summed E-state index contributed by atoms with van der Waals surface area (Å²) in [6.07, 6.45) is 0. The molecule has 4 aromatic rings. The fourth-order valence-electron chi connectivity index (χ4n) is 3.14. The van der Waals surface area contributed by atoms with Crippen molar-refractivity contribution in [1.29, 1.82) is 0 Å². The molecule has 4 rings (SSSR count). The summed E-state index contributed by atoms with van der Waals surface area (Å²) in [4.78, 5) is 3.96. The highest BCUT2D eigenvalue weighted by molar-refractivity contribution is 7.99. The largest absolute Gasteiger partial charge is 0.121 e. The standard InChI is InChI=1S/C27H24S3/c1-4-10-25(11-5-1)28-19-22-16-23(20-29-26-12-6-2-7-13-26)18-24(17-22)21-30-27-14-8-3-9-15-27/h1-18H,19-21H2. The molecule has 4 aromatic carbocycles. The predicted molar refractivity (Wildman–Crippen MR) is 134 cm³/mol. The van der Waals surface area contributed by atoms with Crippen LogP contribution in [0.1, 0.15) is 16.7 Å². The van der Waals surface area contributed by atoms with Gasteiger partial charge in [0.25, 0.3) is 0 Å². The van der Waals surface area contributed by atoms with Crippen LogP contribution in [0.4, 0.5) is 0 Å². The van der Waals surface area contributed by atoms with Crippen LogP contribution in [-0.4, -0.2) is 0 Å². The van der Waals surface area contributed by atoms with E-state index in [-0.39, 0.29) is 0 Å². The van der Waals surface area contributed by atoms with Crippen LogP contribution in [0, 0.1) is 0 Å². The third-order valence-corrected chi connectivity index (χ3v) is 7.81. The summed E-state index contributed by atoms with van der Waals surface area (Å²) in [6.45, 7) is 0. The minimum atomic E-state index is 0.997. The first-order valence-corrected chi connectivity index (χ1v) is 13.0. The van der Waals surface area contributed by atoms with Crippen molar-refractivity contribution in [2.24, 2.45) is 0 Å². The van der Waals surface area contributed by atoms with E-state index in [1.54, 1.807) is 0 Å². The van der Waals surface area contributed by atoms with Gasteiger partial charge in [0, 0.05) is 31.9 Å². The highest BCUT2D eigenvalue weighted by Crippen LogP contribution is 2.29.